The van der Waals surface area contributed by atoms with Gasteiger partial charge in [0, 0.05) is 32.1 Å². The summed E-state index contributed by atoms with van der Waals surface area (Å²) in [5, 5.41) is 18.9. The van der Waals surface area contributed by atoms with Gasteiger partial charge in [0.15, 0.2) is 11.5 Å². The predicted octanol–water partition coefficient (Wildman–Crippen LogP) is 3.76. The van der Waals surface area contributed by atoms with Gasteiger partial charge in [-0.3, -0.25) is 14.2 Å². The molecule has 0 aliphatic carbocycles. The van der Waals surface area contributed by atoms with Crippen molar-refractivity contribution >= 4 is 28.3 Å². The second kappa shape index (κ2) is 12.0. The third-order valence-electron chi connectivity index (χ3n) is 6.37. The molecule has 0 bridgehead atoms. The molecule has 2 heterocycles. The van der Waals surface area contributed by atoms with Crippen molar-refractivity contribution < 1.29 is 36.9 Å². The van der Waals surface area contributed by atoms with Gasteiger partial charge in [-0.25, -0.2) is 15.4 Å². The molecule has 216 valence electrons. The normalized spacial score (nSPS) is 15.4. The minimum Gasteiger partial charge on any atom is -0.457 e. The van der Waals surface area contributed by atoms with E-state index >= 15 is 0 Å². The van der Waals surface area contributed by atoms with Crippen LogP contribution in [0.15, 0.2) is 59.6 Å². The number of piperidine rings is 1. The molecular formula is C26H25F3N6O5S. The molecule has 11 nitrogen and oxygen atoms in total. The van der Waals surface area contributed by atoms with Crippen molar-refractivity contribution in [1.29, 1.82) is 5.26 Å². The van der Waals surface area contributed by atoms with Gasteiger partial charge in [0.2, 0.25) is 0 Å². The lowest BCUT2D eigenvalue weighted by Crippen LogP contribution is -2.56. The molecule has 1 amide bonds. The van der Waals surface area contributed by atoms with Crippen LogP contribution in [0.4, 0.5) is 24.8 Å². The molecule has 1 unspecified atom stereocenters. The summed E-state index contributed by atoms with van der Waals surface area (Å²) >= 11 is 0. The Balaban J connectivity index is 1.47. The summed E-state index contributed by atoms with van der Waals surface area (Å²) < 4.78 is 58.8. The van der Waals surface area contributed by atoms with Crippen LogP contribution in [0.2, 0.25) is 0 Å². The lowest BCUT2D eigenvalue weighted by atomic mass is 9.95. The maximum atomic E-state index is 13.7. The molecule has 4 rings (SSSR count). The van der Waals surface area contributed by atoms with E-state index in [1.54, 1.807) is 24.5 Å². The maximum absolute atomic E-state index is 13.7. The number of halogens is 3. The monoisotopic (exact) mass is 590 g/mol. The van der Waals surface area contributed by atoms with Crippen molar-refractivity contribution in [1.82, 2.24) is 15.4 Å². The van der Waals surface area contributed by atoms with E-state index in [9.17, 15) is 32.6 Å². The van der Waals surface area contributed by atoms with Crippen LogP contribution in [-0.2, 0) is 15.6 Å². The fourth-order valence-electron chi connectivity index (χ4n) is 4.33. The van der Waals surface area contributed by atoms with Crippen LogP contribution in [0, 0.1) is 11.3 Å². The van der Waals surface area contributed by atoms with Crippen molar-refractivity contribution in [3.8, 4) is 23.3 Å². The number of hydrogen-bond donors (Lipinski definition) is 2. The van der Waals surface area contributed by atoms with Crippen LogP contribution < -0.4 is 24.8 Å². The number of benzene rings is 2. The van der Waals surface area contributed by atoms with Crippen molar-refractivity contribution in [3.05, 3.63) is 60.4 Å². The van der Waals surface area contributed by atoms with Gasteiger partial charge in [0.1, 0.15) is 33.9 Å². The van der Waals surface area contributed by atoms with E-state index in [2.05, 4.69) is 14.7 Å². The number of nitrogens with one attached hydrogen (secondary N) is 1. The third kappa shape index (κ3) is 6.67. The Labute approximate surface area is 235 Å². The number of nitriles is 1. The topological polar surface area (TPSA) is 141 Å². The fourth-order valence-corrected chi connectivity index (χ4v) is 5.93. The van der Waals surface area contributed by atoms with Gasteiger partial charge < -0.3 is 19.3 Å². The second-order valence-electron chi connectivity index (χ2n) is 9.19. The van der Waals surface area contributed by atoms with E-state index in [4.69, 9.17) is 4.74 Å². The zero-order chi connectivity index (χ0) is 29.8. The van der Waals surface area contributed by atoms with Crippen molar-refractivity contribution in [2.24, 2.45) is 0 Å². The Morgan fingerprint density at radius 3 is 2.17 bits per heavy atom. The van der Waals surface area contributed by atoms with Gasteiger partial charge in [-0.1, -0.05) is 0 Å². The Bertz CT molecular complexity index is 1450. The van der Waals surface area contributed by atoms with Gasteiger partial charge in [-0.05, 0) is 61.4 Å². The van der Waals surface area contributed by atoms with Gasteiger partial charge in [0.05, 0.1) is 17.0 Å². The van der Waals surface area contributed by atoms with E-state index in [-0.39, 0.29) is 37.4 Å². The molecule has 2 aromatic carbocycles. The minimum absolute atomic E-state index is 0.107. The fraction of sp³-hybridized carbons (Fsp3) is 0.308. The van der Waals surface area contributed by atoms with Crippen LogP contribution in [0.1, 0.15) is 18.5 Å². The van der Waals surface area contributed by atoms with E-state index in [1.165, 1.54) is 42.6 Å². The number of anilines is 2. The SMILES string of the molecule is CN(C)c1ncc(N2CCC(C(=O)NO)(S(=O)c3ccc(Oc4ccc(OC(F)(F)F)cc4)cc3)CC2)nc1C#N. The molecule has 1 aliphatic rings. The second-order valence-corrected chi connectivity index (χ2v) is 11.0. The highest BCUT2D eigenvalue weighted by Gasteiger charge is 2.47. The number of nitrogens with zero attached hydrogens (tertiary/aromatic N) is 5. The summed E-state index contributed by atoms with van der Waals surface area (Å²) in [6, 6.07) is 12.9. The molecule has 3 aromatic rings. The van der Waals surface area contributed by atoms with Gasteiger partial charge in [0.25, 0.3) is 5.91 Å². The molecule has 1 saturated heterocycles. The standard InChI is InChI=1S/C26H25F3N6O5S/c1-34(2)23-21(15-30)32-22(16-31-23)35-13-11-25(12-14-35,24(36)33-37)41(38)20-9-7-18(8-10-20)39-17-3-5-19(6-4-17)40-26(27,28)29/h3-10,16,37H,11-14H2,1-2H3,(H,33,36). The number of alkyl halides is 3. The minimum atomic E-state index is -4.80. The van der Waals surface area contributed by atoms with Crippen molar-refractivity contribution in [2.75, 3.05) is 37.0 Å². The van der Waals surface area contributed by atoms with Crippen molar-refractivity contribution in [2.45, 2.75) is 28.8 Å². The van der Waals surface area contributed by atoms with E-state index in [0.29, 0.717) is 22.3 Å². The number of amides is 1. The summed E-state index contributed by atoms with van der Waals surface area (Å²) in [6.45, 7) is 0.518. The number of carbonyl (C=O) groups is 1. The molecule has 41 heavy (non-hydrogen) atoms. The first-order valence-corrected chi connectivity index (χ1v) is 13.3. The molecule has 0 radical (unpaired) electrons. The summed E-state index contributed by atoms with van der Waals surface area (Å²) in [7, 11) is 1.61. The molecule has 15 heteroatoms. The van der Waals surface area contributed by atoms with Crippen molar-refractivity contribution in [3.63, 3.8) is 0 Å². The van der Waals surface area contributed by atoms with E-state index in [0.717, 1.165) is 12.1 Å². The van der Waals surface area contributed by atoms with Gasteiger partial charge in [-0.2, -0.15) is 5.26 Å². The van der Waals surface area contributed by atoms with E-state index < -0.39 is 33.6 Å². The van der Waals surface area contributed by atoms with Crippen LogP contribution in [0.5, 0.6) is 17.2 Å². The zero-order valence-corrected chi connectivity index (χ0v) is 22.7. The summed E-state index contributed by atoms with van der Waals surface area (Å²) in [6.07, 6.45) is -3.06. The number of carbonyl (C=O) groups excluding carboxylic acids is 1. The number of rotatable bonds is 8. The average molecular weight is 591 g/mol. The molecule has 1 atom stereocenters. The molecule has 1 fully saturated rings. The Kier molecular flexibility index (Phi) is 8.64. The van der Waals surface area contributed by atoms with Crippen LogP contribution in [-0.4, -0.2) is 63.6 Å². The van der Waals surface area contributed by atoms with Crippen LogP contribution in [0.25, 0.3) is 0 Å². The first kappa shape index (κ1) is 29.6. The molecule has 0 spiro atoms. The molecular weight excluding hydrogens is 565 g/mol. The first-order chi connectivity index (χ1) is 19.5. The lowest BCUT2D eigenvalue weighted by Gasteiger charge is -2.39. The smallest absolute Gasteiger partial charge is 0.457 e. The summed E-state index contributed by atoms with van der Waals surface area (Å²) in [5.41, 5.74) is 1.80. The number of ether oxygens (including phenoxy) is 2. The predicted molar refractivity (Wildman–Crippen MR) is 141 cm³/mol. The number of hydrogen-bond acceptors (Lipinski definition) is 10. The maximum Gasteiger partial charge on any atom is 0.573 e. The van der Waals surface area contributed by atoms with Crippen LogP contribution >= 0.6 is 0 Å². The molecule has 1 aliphatic heterocycles. The molecule has 0 saturated carbocycles. The van der Waals surface area contributed by atoms with Gasteiger partial charge in [-0.15, -0.1) is 13.2 Å². The third-order valence-corrected chi connectivity index (χ3v) is 8.37. The Morgan fingerprint density at radius 1 is 1.10 bits per heavy atom. The average Bonchev–Trinajstić information content (AvgIpc) is 2.96. The Hall–Kier alpha value is -4.42. The summed E-state index contributed by atoms with van der Waals surface area (Å²) in [5.74, 6) is 0.247. The zero-order valence-electron chi connectivity index (χ0n) is 21.9. The highest BCUT2D eigenvalue weighted by molar-refractivity contribution is 7.87. The van der Waals surface area contributed by atoms with Crippen LogP contribution in [0.3, 0.4) is 0 Å². The lowest BCUT2D eigenvalue weighted by molar-refractivity contribution is -0.274. The molecule has 1 aromatic heterocycles. The number of aromatic nitrogens is 2. The highest BCUT2D eigenvalue weighted by Crippen LogP contribution is 2.35. The Morgan fingerprint density at radius 2 is 1.66 bits per heavy atom. The first-order valence-electron chi connectivity index (χ1n) is 12.2. The number of hydroxylamine groups is 1. The largest absolute Gasteiger partial charge is 0.573 e. The quantitative estimate of drug-likeness (QED) is 0.294. The van der Waals surface area contributed by atoms with E-state index in [1.807, 2.05) is 11.0 Å². The highest BCUT2D eigenvalue weighted by atomic mass is 32.2. The summed E-state index contributed by atoms with van der Waals surface area (Å²) in [4.78, 5) is 25.3. The van der Waals surface area contributed by atoms with Gasteiger partial charge >= 0.3 is 6.36 Å². The molecule has 2 N–H and O–H groups in total.